The van der Waals surface area contributed by atoms with E-state index in [2.05, 4.69) is 19.1 Å². The van der Waals surface area contributed by atoms with Gasteiger partial charge in [0.05, 0.1) is 13.2 Å². The van der Waals surface area contributed by atoms with Crippen LogP contribution in [-0.4, -0.2) is 59.6 Å². The number of ether oxygens (including phenoxy) is 2. The molecule has 3 N–H and O–H groups in total. The summed E-state index contributed by atoms with van der Waals surface area (Å²) in [7, 11) is 0. The van der Waals surface area contributed by atoms with Gasteiger partial charge in [0.2, 0.25) is 0 Å². The molecular formula is C18H34O5. The third kappa shape index (κ3) is 8.27. The Kier molecular flexibility index (Phi) is 11.5. The Morgan fingerprint density at radius 2 is 1.83 bits per heavy atom. The maximum absolute atomic E-state index is 9.82. The van der Waals surface area contributed by atoms with Crippen LogP contribution in [0.4, 0.5) is 0 Å². The summed E-state index contributed by atoms with van der Waals surface area (Å²) in [5.74, 6) is 0. The molecule has 5 nitrogen and oxygen atoms in total. The molecule has 0 bridgehead atoms. The van der Waals surface area contributed by atoms with Crippen molar-refractivity contribution in [1.82, 2.24) is 0 Å². The highest BCUT2D eigenvalue weighted by Crippen LogP contribution is 2.21. The molecule has 0 radical (unpaired) electrons. The van der Waals surface area contributed by atoms with Crippen molar-refractivity contribution in [2.75, 3.05) is 19.8 Å². The van der Waals surface area contributed by atoms with Crippen LogP contribution < -0.4 is 0 Å². The highest BCUT2D eigenvalue weighted by molar-refractivity contribution is 4.89. The fourth-order valence-electron chi connectivity index (χ4n) is 2.83. The first-order valence-electron chi connectivity index (χ1n) is 9.05. The summed E-state index contributed by atoms with van der Waals surface area (Å²) in [5.41, 5.74) is 0. The number of hydrogen-bond donors (Lipinski definition) is 3. The molecule has 5 heteroatoms. The zero-order valence-electron chi connectivity index (χ0n) is 14.4. The lowest BCUT2D eigenvalue weighted by Gasteiger charge is -2.23. The number of unbranched alkanes of at least 4 members (excludes halogenated alkanes) is 6. The molecule has 0 amide bonds. The molecule has 136 valence electrons. The van der Waals surface area contributed by atoms with Crippen molar-refractivity contribution < 1.29 is 24.8 Å². The maximum atomic E-state index is 9.82. The Labute approximate surface area is 140 Å². The normalized spacial score (nSPS) is 26.2. The predicted octanol–water partition coefficient (Wildman–Crippen LogP) is 2.18. The predicted molar refractivity (Wildman–Crippen MR) is 90.3 cm³/mol. The van der Waals surface area contributed by atoms with E-state index >= 15 is 0 Å². The van der Waals surface area contributed by atoms with Gasteiger partial charge in [-0.2, -0.15) is 0 Å². The average molecular weight is 330 g/mol. The van der Waals surface area contributed by atoms with Crippen LogP contribution >= 0.6 is 0 Å². The van der Waals surface area contributed by atoms with Gasteiger partial charge in [-0.1, -0.05) is 44.8 Å². The van der Waals surface area contributed by atoms with Crippen molar-refractivity contribution in [2.45, 2.75) is 82.7 Å². The fraction of sp³-hybridized carbons (Fsp3) is 0.889. The minimum Gasteiger partial charge on any atom is -0.394 e. The molecule has 4 atom stereocenters. The molecule has 1 aliphatic heterocycles. The molecule has 0 aromatic heterocycles. The lowest BCUT2D eigenvalue weighted by atomic mass is 10.1. The van der Waals surface area contributed by atoms with E-state index in [4.69, 9.17) is 14.6 Å². The molecule has 1 fully saturated rings. The second-order valence-electron chi connectivity index (χ2n) is 6.24. The summed E-state index contributed by atoms with van der Waals surface area (Å²) in [4.78, 5) is 0. The molecular weight excluding hydrogens is 296 g/mol. The van der Waals surface area contributed by atoms with Gasteiger partial charge in [0.1, 0.15) is 24.4 Å². The standard InChI is InChI=1S/C18H34O5/c1-2-3-4-5-6-7-8-9-10-11-12-22-18-16(21)14-23-17(18)15(20)13-19/h3-4,15-21H,2,5-14H2,1H3/b4-3+/t15-,16+,17+,18+/m0/s1. The SMILES string of the molecule is CC/C=C/CCCCCCCCO[C@H]1[C@@H]([C@@H](O)CO)OC[C@H]1O. The van der Waals surface area contributed by atoms with Gasteiger partial charge in [0.15, 0.2) is 0 Å². The van der Waals surface area contributed by atoms with Crippen molar-refractivity contribution in [3.05, 3.63) is 12.2 Å². The van der Waals surface area contributed by atoms with Crippen LogP contribution in [0.2, 0.25) is 0 Å². The van der Waals surface area contributed by atoms with E-state index in [1.54, 1.807) is 0 Å². The molecule has 23 heavy (non-hydrogen) atoms. The Balaban J connectivity index is 2.00. The van der Waals surface area contributed by atoms with Gasteiger partial charge in [0.25, 0.3) is 0 Å². The number of aliphatic hydroxyl groups is 3. The van der Waals surface area contributed by atoms with E-state index in [0.717, 1.165) is 19.3 Å². The minimum atomic E-state index is -1.00. The summed E-state index contributed by atoms with van der Waals surface area (Å²) >= 11 is 0. The van der Waals surface area contributed by atoms with E-state index < -0.39 is 24.4 Å². The molecule has 0 aliphatic carbocycles. The number of rotatable bonds is 13. The van der Waals surface area contributed by atoms with Crippen molar-refractivity contribution in [3.63, 3.8) is 0 Å². The zero-order chi connectivity index (χ0) is 16.9. The largest absolute Gasteiger partial charge is 0.394 e. The minimum absolute atomic E-state index is 0.152. The van der Waals surface area contributed by atoms with Crippen LogP contribution in [0.15, 0.2) is 12.2 Å². The van der Waals surface area contributed by atoms with Crippen LogP contribution in [-0.2, 0) is 9.47 Å². The first-order valence-corrected chi connectivity index (χ1v) is 9.05. The summed E-state index contributed by atoms with van der Waals surface area (Å²) in [6.07, 6.45) is 10.9. The monoisotopic (exact) mass is 330 g/mol. The van der Waals surface area contributed by atoms with Gasteiger partial charge >= 0.3 is 0 Å². The van der Waals surface area contributed by atoms with E-state index in [1.807, 2.05) is 0 Å². The van der Waals surface area contributed by atoms with Crippen LogP contribution in [0.1, 0.15) is 58.3 Å². The van der Waals surface area contributed by atoms with Gasteiger partial charge in [-0.25, -0.2) is 0 Å². The maximum Gasteiger partial charge on any atom is 0.114 e. The first kappa shape index (κ1) is 20.6. The van der Waals surface area contributed by atoms with Gasteiger partial charge in [-0.05, 0) is 25.7 Å². The van der Waals surface area contributed by atoms with Gasteiger partial charge in [-0.15, -0.1) is 0 Å². The summed E-state index contributed by atoms with van der Waals surface area (Å²) in [5, 5.41) is 28.5. The number of allylic oxidation sites excluding steroid dienone is 2. The third-order valence-electron chi connectivity index (χ3n) is 4.21. The second-order valence-corrected chi connectivity index (χ2v) is 6.24. The molecule has 1 aliphatic rings. The smallest absolute Gasteiger partial charge is 0.114 e. The Morgan fingerprint density at radius 3 is 2.52 bits per heavy atom. The van der Waals surface area contributed by atoms with Gasteiger partial charge < -0.3 is 24.8 Å². The second kappa shape index (κ2) is 12.9. The lowest BCUT2D eigenvalue weighted by molar-refractivity contribution is -0.0938. The highest BCUT2D eigenvalue weighted by Gasteiger charge is 2.40. The van der Waals surface area contributed by atoms with Crippen LogP contribution in [0.25, 0.3) is 0 Å². The van der Waals surface area contributed by atoms with Gasteiger partial charge in [-0.3, -0.25) is 0 Å². The van der Waals surface area contributed by atoms with E-state index in [9.17, 15) is 10.2 Å². The van der Waals surface area contributed by atoms with Crippen molar-refractivity contribution in [1.29, 1.82) is 0 Å². The summed E-state index contributed by atoms with van der Waals surface area (Å²) in [6.45, 7) is 2.48. The molecule has 0 saturated carbocycles. The molecule has 0 aromatic rings. The Morgan fingerprint density at radius 1 is 1.13 bits per heavy atom. The highest BCUT2D eigenvalue weighted by atomic mass is 16.6. The quantitative estimate of drug-likeness (QED) is 0.356. The third-order valence-corrected chi connectivity index (χ3v) is 4.21. The summed E-state index contributed by atoms with van der Waals surface area (Å²) in [6, 6.07) is 0. The van der Waals surface area contributed by atoms with E-state index in [1.165, 1.54) is 32.1 Å². The van der Waals surface area contributed by atoms with Crippen LogP contribution in [0, 0.1) is 0 Å². The van der Waals surface area contributed by atoms with Crippen molar-refractivity contribution in [2.24, 2.45) is 0 Å². The number of hydrogen-bond acceptors (Lipinski definition) is 5. The van der Waals surface area contributed by atoms with Crippen molar-refractivity contribution >= 4 is 0 Å². The van der Waals surface area contributed by atoms with Crippen LogP contribution in [0.5, 0.6) is 0 Å². The van der Waals surface area contributed by atoms with Crippen molar-refractivity contribution in [3.8, 4) is 0 Å². The molecule has 0 spiro atoms. The first-order chi connectivity index (χ1) is 11.2. The van der Waals surface area contributed by atoms with Gasteiger partial charge in [0, 0.05) is 6.61 Å². The zero-order valence-corrected chi connectivity index (χ0v) is 14.4. The summed E-state index contributed by atoms with van der Waals surface area (Å²) < 4.78 is 11.0. The number of aliphatic hydroxyl groups excluding tert-OH is 3. The lowest BCUT2D eigenvalue weighted by Crippen LogP contribution is -2.42. The van der Waals surface area contributed by atoms with Crippen LogP contribution in [0.3, 0.4) is 0 Å². The molecule has 0 unspecified atom stereocenters. The Bertz CT molecular complexity index is 308. The fourth-order valence-corrected chi connectivity index (χ4v) is 2.83. The Hall–Kier alpha value is -0.460. The topological polar surface area (TPSA) is 79.2 Å². The molecule has 1 heterocycles. The van der Waals surface area contributed by atoms with E-state index in [0.29, 0.717) is 6.61 Å². The molecule has 0 aromatic carbocycles. The molecule has 1 saturated heterocycles. The average Bonchev–Trinajstić information content (AvgIpc) is 2.93. The molecule has 1 rings (SSSR count). The van der Waals surface area contributed by atoms with E-state index in [-0.39, 0.29) is 13.2 Å².